The Bertz CT molecular complexity index is 1050. The van der Waals surface area contributed by atoms with Crippen LogP contribution in [0.5, 0.6) is 5.75 Å². The number of esters is 1. The first kappa shape index (κ1) is 23.5. The lowest BCUT2D eigenvalue weighted by Crippen LogP contribution is -2.29. The van der Waals surface area contributed by atoms with E-state index in [9.17, 15) is 4.79 Å². The molecule has 0 atom stereocenters. The molecule has 2 aromatic carbocycles. The largest absolute Gasteiger partial charge is 0.492 e. The van der Waals surface area contributed by atoms with Gasteiger partial charge in [-0.25, -0.2) is 0 Å². The van der Waals surface area contributed by atoms with Crippen molar-refractivity contribution in [3.63, 3.8) is 0 Å². The zero-order valence-electron chi connectivity index (χ0n) is 18.0. The third-order valence-electron chi connectivity index (χ3n) is 4.87. The van der Waals surface area contributed by atoms with Crippen molar-refractivity contribution in [3.8, 4) is 5.75 Å². The molecule has 30 heavy (non-hydrogen) atoms. The van der Waals surface area contributed by atoms with Crippen LogP contribution in [0, 0.1) is 5.41 Å². The third-order valence-corrected chi connectivity index (χ3v) is 4.87. The molecule has 0 spiro atoms. The van der Waals surface area contributed by atoms with Crippen molar-refractivity contribution in [2.45, 2.75) is 46.2 Å². The average molecular weight is 432 g/mol. The molecule has 162 valence electrons. The van der Waals surface area contributed by atoms with Gasteiger partial charge in [0, 0.05) is 0 Å². The lowest BCUT2D eigenvalue weighted by atomic mass is 9.87. The second kappa shape index (κ2) is 9.85. The maximum atomic E-state index is 12.0. The van der Waals surface area contributed by atoms with Crippen LogP contribution < -0.4 is 10.4 Å². The van der Waals surface area contributed by atoms with Crippen LogP contribution in [0.25, 0.3) is 11.0 Å². The van der Waals surface area contributed by atoms with Crippen LogP contribution >= 0.6 is 12.4 Å². The molecule has 1 heterocycles. The number of carbonyl (C=O) groups is 1. The Kier molecular flexibility index (Phi) is 7.73. The van der Waals surface area contributed by atoms with Crippen LogP contribution in [0.4, 0.5) is 0 Å². The third kappa shape index (κ3) is 5.25. The van der Waals surface area contributed by atoms with Gasteiger partial charge in [-0.3, -0.25) is 14.8 Å². The highest BCUT2D eigenvalue weighted by atomic mass is 35.5. The Labute approximate surface area is 183 Å². The van der Waals surface area contributed by atoms with E-state index in [1.54, 1.807) is 11.5 Å². The van der Waals surface area contributed by atoms with Gasteiger partial charge in [-0.1, -0.05) is 45.0 Å². The molecular formula is C23H30ClN3O3. The van der Waals surface area contributed by atoms with Gasteiger partial charge in [0.15, 0.2) is 0 Å². The van der Waals surface area contributed by atoms with Crippen LogP contribution in [0.1, 0.15) is 33.3 Å². The lowest BCUT2D eigenvalue weighted by Gasteiger charge is -2.19. The van der Waals surface area contributed by atoms with E-state index in [1.807, 2.05) is 41.0 Å². The lowest BCUT2D eigenvalue weighted by molar-refractivity contribution is -0.143. The van der Waals surface area contributed by atoms with Gasteiger partial charge in [0.25, 0.3) is 0 Å². The fraction of sp³-hybridized carbons (Fsp3) is 0.391. The number of carbonyl (C=O) groups excluding carboxylic acids is 1. The van der Waals surface area contributed by atoms with Crippen molar-refractivity contribution >= 4 is 29.4 Å². The van der Waals surface area contributed by atoms with Crippen LogP contribution in [0.3, 0.4) is 0 Å². The van der Waals surface area contributed by atoms with Gasteiger partial charge in [0.1, 0.15) is 18.9 Å². The molecule has 0 saturated carbocycles. The summed E-state index contributed by atoms with van der Waals surface area (Å²) in [7, 11) is 0. The minimum Gasteiger partial charge on any atom is -0.492 e. The SMILES string of the molecule is CCOC(=O)Cn1c(=N)n(CCOc2ccc(C(C)(C)C)cc2)c2ccccc21.Cl. The van der Waals surface area contributed by atoms with E-state index in [-0.39, 0.29) is 36.0 Å². The van der Waals surface area contributed by atoms with Crippen molar-refractivity contribution in [2.75, 3.05) is 13.2 Å². The summed E-state index contributed by atoms with van der Waals surface area (Å²) in [5.74, 6) is 0.462. The molecule has 0 aliphatic heterocycles. The number of imidazole rings is 1. The first-order valence-electron chi connectivity index (χ1n) is 9.93. The van der Waals surface area contributed by atoms with E-state index >= 15 is 0 Å². The molecule has 0 radical (unpaired) electrons. The Morgan fingerprint density at radius 2 is 1.60 bits per heavy atom. The number of fused-ring (bicyclic) bond motifs is 1. The molecule has 0 aliphatic carbocycles. The molecule has 7 heteroatoms. The van der Waals surface area contributed by atoms with E-state index in [4.69, 9.17) is 14.9 Å². The van der Waals surface area contributed by atoms with E-state index in [0.717, 1.165) is 16.8 Å². The number of rotatable bonds is 7. The minimum atomic E-state index is -0.343. The fourth-order valence-corrected chi connectivity index (χ4v) is 3.32. The van der Waals surface area contributed by atoms with Gasteiger partial charge >= 0.3 is 5.97 Å². The summed E-state index contributed by atoms with van der Waals surface area (Å²) in [5, 5.41) is 8.54. The van der Waals surface area contributed by atoms with Gasteiger partial charge in [-0.2, -0.15) is 0 Å². The van der Waals surface area contributed by atoms with Gasteiger partial charge in [0.2, 0.25) is 5.62 Å². The van der Waals surface area contributed by atoms with Crippen LogP contribution in [0.15, 0.2) is 48.5 Å². The Morgan fingerprint density at radius 3 is 2.17 bits per heavy atom. The number of aromatic nitrogens is 2. The second-order valence-electron chi connectivity index (χ2n) is 7.98. The predicted octanol–water partition coefficient (Wildman–Crippen LogP) is 4.28. The average Bonchev–Trinajstić information content (AvgIpc) is 2.94. The van der Waals surface area contributed by atoms with Crippen molar-refractivity contribution in [3.05, 3.63) is 59.7 Å². The fourth-order valence-electron chi connectivity index (χ4n) is 3.32. The monoisotopic (exact) mass is 431 g/mol. The first-order valence-corrected chi connectivity index (χ1v) is 9.93. The number of hydrogen-bond donors (Lipinski definition) is 1. The zero-order chi connectivity index (χ0) is 21.0. The van der Waals surface area contributed by atoms with Gasteiger partial charge in [-0.05, 0) is 42.2 Å². The molecule has 0 saturated heterocycles. The molecule has 1 aromatic heterocycles. The zero-order valence-corrected chi connectivity index (χ0v) is 18.8. The van der Waals surface area contributed by atoms with E-state index in [0.29, 0.717) is 19.8 Å². The quantitative estimate of drug-likeness (QED) is 0.567. The summed E-state index contributed by atoms with van der Waals surface area (Å²) in [6.07, 6.45) is 0. The maximum absolute atomic E-state index is 12.0. The van der Waals surface area contributed by atoms with Crippen molar-refractivity contribution in [2.24, 2.45) is 0 Å². The number of halogens is 1. The van der Waals surface area contributed by atoms with Crippen LogP contribution in [-0.2, 0) is 28.0 Å². The van der Waals surface area contributed by atoms with Crippen molar-refractivity contribution < 1.29 is 14.3 Å². The molecule has 0 fully saturated rings. The van der Waals surface area contributed by atoms with Gasteiger partial charge in [0.05, 0.1) is 24.2 Å². The molecule has 3 aromatic rings. The normalized spacial score (nSPS) is 11.2. The summed E-state index contributed by atoms with van der Waals surface area (Å²) in [6.45, 7) is 9.61. The highest BCUT2D eigenvalue weighted by Gasteiger charge is 2.15. The first-order chi connectivity index (χ1) is 13.8. The van der Waals surface area contributed by atoms with E-state index < -0.39 is 0 Å². The Morgan fingerprint density at radius 1 is 1.00 bits per heavy atom. The summed E-state index contributed by atoms with van der Waals surface area (Å²) in [4.78, 5) is 12.0. The molecule has 0 bridgehead atoms. The molecule has 6 nitrogen and oxygen atoms in total. The summed E-state index contributed by atoms with van der Waals surface area (Å²) >= 11 is 0. The number of nitrogens with one attached hydrogen (secondary N) is 1. The molecule has 3 rings (SSSR count). The topological polar surface area (TPSA) is 69.2 Å². The van der Waals surface area contributed by atoms with E-state index in [1.165, 1.54) is 5.56 Å². The molecule has 0 aliphatic rings. The maximum Gasteiger partial charge on any atom is 0.326 e. The van der Waals surface area contributed by atoms with E-state index in [2.05, 4.69) is 32.9 Å². The Balaban J connectivity index is 0.00000320. The molecular weight excluding hydrogens is 402 g/mol. The second-order valence-corrected chi connectivity index (χ2v) is 7.98. The molecule has 1 N–H and O–H groups in total. The number of hydrogen-bond acceptors (Lipinski definition) is 4. The smallest absolute Gasteiger partial charge is 0.326 e. The van der Waals surface area contributed by atoms with Gasteiger partial charge in [-0.15, -0.1) is 12.4 Å². The summed E-state index contributed by atoms with van der Waals surface area (Å²) < 4.78 is 14.5. The number of benzene rings is 2. The standard InChI is InChI=1S/C23H29N3O3.ClH/c1-5-28-21(27)16-26-20-9-7-6-8-19(20)25(22(26)24)14-15-29-18-12-10-17(11-13-18)23(2,3)4;/h6-13,24H,5,14-16H2,1-4H3;1H. The molecule has 0 amide bonds. The summed E-state index contributed by atoms with van der Waals surface area (Å²) in [6, 6.07) is 15.8. The van der Waals surface area contributed by atoms with Crippen molar-refractivity contribution in [1.82, 2.24) is 9.13 Å². The number of ether oxygens (including phenoxy) is 2. The number of para-hydroxylation sites is 2. The summed E-state index contributed by atoms with van der Waals surface area (Å²) in [5.41, 5.74) is 3.35. The van der Waals surface area contributed by atoms with Crippen LogP contribution in [0.2, 0.25) is 0 Å². The van der Waals surface area contributed by atoms with Crippen LogP contribution in [-0.4, -0.2) is 28.3 Å². The molecule has 0 unspecified atom stereocenters. The van der Waals surface area contributed by atoms with Gasteiger partial charge < -0.3 is 14.0 Å². The highest BCUT2D eigenvalue weighted by Crippen LogP contribution is 2.24. The predicted molar refractivity (Wildman–Crippen MR) is 120 cm³/mol. The number of nitrogens with zero attached hydrogens (tertiary/aromatic N) is 2. The highest BCUT2D eigenvalue weighted by molar-refractivity contribution is 5.85. The Hall–Kier alpha value is -2.73. The minimum absolute atomic E-state index is 0. The van der Waals surface area contributed by atoms with Crippen molar-refractivity contribution in [1.29, 1.82) is 5.41 Å².